The number of benzene rings is 8. The van der Waals surface area contributed by atoms with Crippen molar-refractivity contribution in [2.75, 3.05) is 34.3 Å². The Hall–Kier alpha value is -9.72. The summed E-state index contributed by atoms with van der Waals surface area (Å²) in [5, 5.41) is 20.1. The number of hydrogen-bond donors (Lipinski definition) is 1. The number of pyridine rings is 4. The summed E-state index contributed by atoms with van der Waals surface area (Å²) in [5.41, 5.74) is 12.0. The van der Waals surface area contributed by atoms with Gasteiger partial charge in [0.25, 0.3) is 6.47 Å². The fraction of sp³-hybridized carbons (Fsp3) is 0.111. The van der Waals surface area contributed by atoms with Crippen LogP contribution in [0.15, 0.2) is 267 Å². The van der Waals surface area contributed by atoms with Crippen LogP contribution in [0.25, 0.3) is 67.9 Å². The molecule has 98 heavy (non-hydrogen) atoms. The van der Waals surface area contributed by atoms with E-state index in [1.165, 1.54) is 64.0 Å². The van der Waals surface area contributed by atoms with E-state index in [1.54, 1.807) is 0 Å². The van der Waals surface area contributed by atoms with Gasteiger partial charge < -0.3 is 30.9 Å². The molecule has 0 saturated heterocycles. The van der Waals surface area contributed by atoms with Gasteiger partial charge in [0.2, 0.25) is 0 Å². The fourth-order valence-electron chi connectivity index (χ4n) is 7.43. The number of hydrogen-bond acceptors (Lipinski definition) is 14. The number of carbonyl (C=O) groups is 4. The van der Waals surface area contributed by atoms with Crippen LogP contribution < -0.4 is 64.4 Å². The normalized spacial score (nSPS) is 9.05. The molecule has 0 aliphatic heterocycles. The zero-order valence-electron chi connectivity index (χ0n) is 57.1. The molecule has 492 valence electrons. The second kappa shape index (κ2) is 55.4. The van der Waals surface area contributed by atoms with Gasteiger partial charge in [0.15, 0.2) is 0 Å². The van der Waals surface area contributed by atoms with Crippen molar-refractivity contribution in [2.24, 2.45) is 0 Å². The first-order valence-electron chi connectivity index (χ1n) is 29.1. The molecule has 0 atom stereocenters. The number of rotatable bonds is 5. The molecule has 0 radical (unpaired) electrons. The Morgan fingerprint density at radius 2 is 0.612 bits per heavy atom. The molecule has 0 bridgehead atoms. The SMILES string of the molecule is C.C(#Cc1ccc2ccccc2n1)c1ccccc1.C(#Cc1ccc2ccccc2n1)c1ccccc1.C(=C\c1ccc2ccccc2n1)/c1ccccc1.C(=C\c1ccc2ccccc2n1)/c1ccccc1.CBr.CO.COC(C)=O.COC(C)=O.COC(C)=O.O=CO[O-].[H-].[Na+].[Na+]. The Morgan fingerprint density at radius 1 is 0.378 bits per heavy atom. The molecule has 0 amide bonds. The second-order valence-electron chi connectivity index (χ2n) is 18.6. The predicted molar refractivity (Wildman–Crippen MR) is 394 cm³/mol. The molecule has 0 spiro atoms. The van der Waals surface area contributed by atoms with E-state index in [-0.39, 0.29) is 92.3 Å². The van der Waals surface area contributed by atoms with E-state index < -0.39 is 0 Å². The van der Waals surface area contributed by atoms with Crippen LogP contribution in [0.1, 0.15) is 74.7 Å². The van der Waals surface area contributed by atoms with E-state index in [4.69, 9.17) is 15.2 Å². The van der Waals surface area contributed by atoms with Gasteiger partial charge in [0.05, 0.1) is 54.8 Å². The molecular weight excluding hydrogens is 1310 g/mol. The van der Waals surface area contributed by atoms with Crippen molar-refractivity contribution < 1.29 is 109 Å². The summed E-state index contributed by atoms with van der Waals surface area (Å²) in [6, 6.07) is 89.1. The fourth-order valence-corrected chi connectivity index (χ4v) is 7.43. The summed E-state index contributed by atoms with van der Waals surface area (Å²) in [4.78, 5) is 58.3. The number of ether oxygens (including phenoxy) is 3. The average molecular weight is 1390 g/mol. The zero-order valence-corrected chi connectivity index (χ0v) is 61.7. The molecule has 4 heterocycles. The topological polar surface area (TPSA) is 200 Å². The number of methoxy groups -OCH3 is 3. The molecule has 0 unspecified atom stereocenters. The van der Waals surface area contributed by atoms with Gasteiger partial charge >= 0.3 is 77.0 Å². The standard InChI is InChI=1S/2C17H13N.2C17H11N.3C3H6O2.CH3Br.CH2O3.CH4O.CH4.2Na.H/c4*1-2-6-14(7-3-1)10-12-16-13-11-15-8-4-5-9-17(15)18-16;3*1-3(4)5-2;1-2;2-1-4-3;1-2;;;;/h2*1-13H;2*1-9,11,13H;3*1-2H3;1H3;1,3H;2H,1H3;1H4;;;/q;;;;;;;;;;;2*+1;-1/p-1/b2*12-10+;;;;;;;;;;;;. The number of para-hydroxylation sites is 4. The Labute approximate surface area is 630 Å². The molecule has 0 aliphatic rings. The molecule has 17 heteroatoms. The number of fused-ring (bicyclic) bond motifs is 4. The van der Waals surface area contributed by atoms with Gasteiger partial charge in [-0.05, 0) is 114 Å². The second-order valence-corrected chi connectivity index (χ2v) is 18.6. The minimum Gasteiger partial charge on any atom is -1.00 e. The summed E-state index contributed by atoms with van der Waals surface area (Å²) < 4.78 is 12.3. The van der Waals surface area contributed by atoms with E-state index in [0.717, 1.165) is 73.9 Å². The van der Waals surface area contributed by atoms with E-state index in [1.807, 2.05) is 212 Å². The van der Waals surface area contributed by atoms with E-state index in [9.17, 15) is 14.4 Å². The van der Waals surface area contributed by atoms with Gasteiger partial charge in [-0.25, -0.2) is 19.9 Å². The minimum atomic E-state index is -0.245. The van der Waals surface area contributed by atoms with Gasteiger partial charge in [-0.15, -0.1) is 0 Å². The predicted octanol–water partition coefficient (Wildman–Crippen LogP) is 10.4. The van der Waals surface area contributed by atoms with Crippen LogP contribution in [0.4, 0.5) is 0 Å². The van der Waals surface area contributed by atoms with Crippen LogP contribution in [0.2, 0.25) is 0 Å². The van der Waals surface area contributed by atoms with E-state index in [2.05, 4.69) is 164 Å². The first-order valence-corrected chi connectivity index (χ1v) is 30.7. The van der Waals surface area contributed by atoms with Gasteiger partial charge in [-0.2, -0.15) is 0 Å². The molecule has 0 aliphatic carbocycles. The third-order valence-electron chi connectivity index (χ3n) is 12.0. The first kappa shape index (κ1) is 88.3. The third kappa shape index (κ3) is 37.5. The first-order chi connectivity index (χ1) is 46.4. The molecule has 12 rings (SSSR count). The Bertz CT molecular complexity index is 4110. The maximum Gasteiger partial charge on any atom is 1.00 e. The maximum atomic E-state index is 9.59. The number of alkyl halides is 1. The van der Waals surface area contributed by atoms with Gasteiger partial charge in [0.1, 0.15) is 11.4 Å². The van der Waals surface area contributed by atoms with Gasteiger partial charge in [-0.3, -0.25) is 19.2 Å². The Balaban J connectivity index is 0. The van der Waals surface area contributed by atoms with Crippen molar-refractivity contribution >= 4 is 108 Å². The van der Waals surface area contributed by atoms with Crippen molar-refractivity contribution in [1.29, 1.82) is 0 Å². The van der Waals surface area contributed by atoms with Crippen LogP contribution in [0, 0.1) is 23.7 Å². The third-order valence-corrected chi connectivity index (χ3v) is 12.0. The van der Waals surface area contributed by atoms with Crippen LogP contribution in [0.5, 0.6) is 0 Å². The van der Waals surface area contributed by atoms with E-state index in [0.29, 0.717) is 0 Å². The zero-order chi connectivity index (χ0) is 69.1. The van der Waals surface area contributed by atoms with Crippen molar-refractivity contribution in [3.63, 3.8) is 0 Å². The van der Waals surface area contributed by atoms with Crippen LogP contribution >= 0.6 is 15.9 Å². The number of carbonyl (C=O) groups excluding carboxylic acids is 4. The summed E-state index contributed by atoms with van der Waals surface area (Å²) in [6.45, 7) is 3.90. The van der Waals surface area contributed by atoms with Crippen molar-refractivity contribution in [3.8, 4) is 23.7 Å². The Morgan fingerprint density at radius 3 is 0.878 bits per heavy atom. The van der Waals surface area contributed by atoms with Crippen molar-refractivity contribution in [3.05, 3.63) is 312 Å². The van der Waals surface area contributed by atoms with Crippen LogP contribution in [0.3, 0.4) is 0 Å². The molecule has 8 aromatic carbocycles. The van der Waals surface area contributed by atoms with Gasteiger partial charge in [0, 0.05) is 60.6 Å². The number of aliphatic hydroxyl groups is 1. The van der Waals surface area contributed by atoms with Crippen LogP contribution in [-0.4, -0.2) is 83.7 Å². The number of aliphatic hydroxyl groups excluding tert-OH is 1. The molecule has 0 saturated carbocycles. The average Bonchev–Trinajstić information content (AvgIpc) is 0.910. The number of esters is 3. The number of aromatic nitrogens is 4. The Kier molecular flexibility index (Phi) is 49.9. The molecular formula is C81H79BrN4Na2O10. The van der Waals surface area contributed by atoms with E-state index >= 15 is 0 Å². The number of nitrogens with zero attached hydrogens (tertiary/aromatic N) is 4. The summed E-state index contributed by atoms with van der Waals surface area (Å²) in [6.07, 6.45) is 8.25. The summed E-state index contributed by atoms with van der Waals surface area (Å²) >= 11 is 2.94. The summed E-state index contributed by atoms with van der Waals surface area (Å²) in [5.74, 6) is 13.5. The monoisotopic (exact) mass is 1390 g/mol. The summed E-state index contributed by atoms with van der Waals surface area (Å²) in [7, 11) is 5.05. The number of halogens is 1. The smallest absolute Gasteiger partial charge is 1.00 e. The maximum absolute atomic E-state index is 9.59. The molecule has 12 aromatic rings. The quantitative estimate of drug-likeness (QED) is 0.0249. The molecule has 14 nitrogen and oxygen atoms in total. The van der Waals surface area contributed by atoms with Crippen LogP contribution in [-0.2, 0) is 38.3 Å². The minimum absolute atomic E-state index is 0. The molecule has 4 aromatic heterocycles. The molecule has 1 N–H and O–H groups in total. The molecule has 0 fully saturated rings. The van der Waals surface area contributed by atoms with Crippen molar-refractivity contribution in [2.45, 2.75) is 28.2 Å². The van der Waals surface area contributed by atoms with Gasteiger partial charge in [-0.1, -0.05) is 241 Å². The largest absolute Gasteiger partial charge is 1.00 e. The van der Waals surface area contributed by atoms with Crippen molar-refractivity contribution in [1.82, 2.24) is 19.9 Å².